The van der Waals surface area contributed by atoms with Crippen molar-refractivity contribution in [2.75, 3.05) is 0 Å². The zero-order valence-corrected chi connectivity index (χ0v) is 7.43. The van der Waals surface area contributed by atoms with Crippen LogP contribution in [0.1, 0.15) is 5.69 Å². The van der Waals surface area contributed by atoms with Gasteiger partial charge >= 0.3 is 11.9 Å². The number of nitrogens with zero attached hydrogens (tertiary/aromatic N) is 3. The molecule has 0 aromatic carbocycles. The van der Waals surface area contributed by atoms with Gasteiger partial charge in [-0.3, -0.25) is 14.8 Å². The van der Waals surface area contributed by atoms with E-state index in [1.165, 1.54) is 0 Å². The number of alkyl halides is 3. The Morgan fingerprint density at radius 1 is 1.57 bits per heavy atom. The van der Waals surface area contributed by atoms with Crippen LogP contribution in [-0.2, 0) is 13.2 Å². The molecule has 0 radical (unpaired) electrons. The van der Waals surface area contributed by atoms with Gasteiger partial charge in [0.25, 0.3) is 0 Å². The molecule has 0 saturated heterocycles. The molecule has 0 saturated carbocycles. The van der Waals surface area contributed by atoms with Gasteiger partial charge in [-0.15, -0.1) is 0 Å². The lowest BCUT2D eigenvalue weighted by Gasteiger charge is -2.04. The fourth-order valence-corrected chi connectivity index (χ4v) is 1.23. The Labute approximate surface area is 80.2 Å². The van der Waals surface area contributed by atoms with Gasteiger partial charge in [0.05, 0.1) is 4.92 Å². The van der Waals surface area contributed by atoms with E-state index >= 15 is 0 Å². The summed E-state index contributed by atoms with van der Waals surface area (Å²) in [6.07, 6.45) is -4.85. The molecule has 0 N–H and O–H groups in total. The fraction of sp³-hybridized carbons (Fsp3) is 0.400. The second kappa shape index (κ2) is 3.12. The highest BCUT2D eigenvalue weighted by Crippen LogP contribution is 2.39. The quantitative estimate of drug-likeness (QED) is 0.547. The van der Waals surface area contributed by atoms with Crippen molar-refractivity contribution >= 4 is 17.3 Å². The average Bonchev–Trinajstić information content (AvgIpc) is 2.23. The Kier molecular flexibility index (Phi) is 2.40. The normalized spacial score (nSPS) is 11.8. The Morgan fingerprint density at radius 3 is 2.36 bits per heavy atom. The maximum Gasteiger partial charge on any atom is 0.440 e. The second-order valence-electron chi connectivity index (χ2n) is 2.37. The van der Waals surface area contributed by atoms with Crippen LogP contribution < -0.4 is 0 Å². The molecule has 0 unspecified atom stereocenters. The van der Waals surface area contributed by atoms with Crippen LogP contribution in [0.5, 0.6) is 0 Å². The van der Waals surface area contributed by atoms with Crippen LogP contribution in [0.3, 0.4) is 0 Å². The molecule has 1 heterocycles. The SMILES string of the molecule is Cn1nc(Cl)c([N+](=O)[O-])c1C(F)(F)F. The third-order valence-electron chi connectivity index (χ3n) is 1.43. The average molecular weight is 230 g/mol. The summed E-state index contributed by atoms with van der Waals surface area (Å²) < 4.78 is 37.1. The summed E-state index contributed by atoms with van der Waals surface area (Å²) in [5.41, 5.74) is -2.69. The van der Waals surface area contributed by atoms with E-state index in [9.17, 15) is 23.3 Å². The molecular weight excluding hydrogens is 227 g/mol. The summed E-state index contributed by atoms with van der Waals surface area (Å²) >= 11 is 5.18. The van der Waals surface area contributed by atoms with E-state index in [0.717, 1.165) is 7.05 Å². The van der Waals surface area contributed by atoms with Crippen LogP contribution in [0, 0.1) is 10.1 Å². The predicted octanol–water partition coefficient (Wildman–Crippen LogP) is 2.00. The molecule has 0 atom stereocenters. The summed E-state index contributed by atoms with van der Waals surface area (Å²) in [6, 6.07) is 0. The summed E-state index contributed by atoms with van der Waals surface area (Å²) in [5.74, 6) is 0. The Hall–Kier alpha value is -1.31. The van der Waals surface area contributed by atoms with Crippen molar-refractivity contribution in [1.29, 1.82) is 0 Å². The van der Waals surface area contributed by atoms with Crippen LogP contribution in [0.2, 0.25) is 5.15 Å². The third-order valence-corrected chi connectivity index (χ3v) is 1.69. The van der Waals surface area contributed by atoms with Gasteiger partial charge in [-0.1, -0.05) is 11.6 Å². The van der Waals surface area contributed by atoms with E-state index in [-0.39, 0.29) is 0 Å². The van der Waals surface area contributed by atoms with Crippen molar-refractivity contribution in [2.24, 2.45) is 7.05 Å². The molecule has 0 aliphatic carbocycles. The minimum Gasteiger partial charge on any atom is -0.258 e. The van der Waals surface area contributed by atoms with Crippen molar-refractivity contribution < 1.29 is 18.1 Å². The zero-order chi connectivity index (χ0) is 11.1. The molecule has 0 spiro atoms. The second-order valence-corrected chi connectivity index (χ2v) is 2.72. The lowest BCUT2D eigenvalue weighted by Crippen LogP contribution is -2.13. The molecule has 78 valence electrons. The lowest BCUT2D eigenvalue weighted by molar-refractivity contribution is -0.388. The summed E-state index contributed by atoms with van der Waals surface area (Å²) in [6.45, 7) is 0. The molecular formula is C5H3ClF3N3O2. The highest BCUT2D eigenvalue weighted by Gasteiger charge is 2.44. The first-order valence-corrected chi connectivity index (χ1v) is 3.57. The molecule has 0 bridgehead atoms. The topological polar surface area (TPSA) is 61.0 Å². The minimum absolute atomic E-state index is 0.334. The first-order valence-electron chi connectivity index (χ1n) is 3.19. The number of aromatic nitrogens is 2. The number of nitro groups is 1. The van der Waals surface area contributed by atoms with Crippen LogP contribution in [0.15, 0.2) is 0 Å². The van der Waals surface area contributed by atoms with E-state index in [2.05, 4.69) is 5.10 Å². The summed E-state index contributed by atoms with van der Waals surface area (Å²) in [4.78, 5) is 9.06. The smallest absolute Gasteiger partial charge is 0.258 e. The number of rotatable bonds is 1. The fourth-order valence-electron chi connectivity index (χ4n) is 0.960. The van der Waals surface area contributed by atoms with Crippen LogP contribution in [-0.4, -0.2) is 14.7 Å². The molecule has 1 aromatic rings. The Balaban J connectivity index is 3.48. The van der Waals surface area contributed by atoms with E-state index in [0.29, 0.717) is 4.68 Å². The van der Waals surface area contributed by atoms with Gasteiger partial charge in [-0.05, 0) is 0 Å². The molecule has 1 rings (SSSR count). The minimum atomic E-state index is -4.85. The summed E-state index contributed by atoms with van der Waals surface area (Å²) in [7, 11) is 0.932. The number of aryl methyl sites for hydroxylation is 1. The number of hydrogen-bond acceptors (Lipinski definition) is 3. The van der Waals surface area contributed by atoms with Gasteiger partial charge in [0.1, 0.15) is 0 Å². The lowest BCUT2D eigenvalue weighted by atomic mass is 10.3. The van der Waals surface area contributed by atoms with Crippen molar-refractivity contribution in [2.45, 2.75) is 6.18 Å². The molecule has 0 fully saturated rings. The van der Waals surface area contributed by atoms with Gasteiger partial charge in [0.15, 0.2) is 0 Å². The maximum atomic E-state index is 12.3. The third kappa shape index (κ3) is 1.65. The first kappa shape index (κ1) is 10.8. The van der Waals surface area contributed by atoms with Crippen molar-refractivity contribution in [3.8, 4) is 0 Å². The zero-order valence-electron chi connectivity index (χ0n) is 6.67. The molecule has 14 heavy (non-hydrogen) atoms. The van der Waals surface area contributed by atoms with Crippen molar-refractivity contribution in [3.63, 3.8) is 0 Å². The van der Waals surface area contributed by atoms with Gasteiger partial charge < -0.3 is 0 Å². The van der Waals surface area contributed by atoms with Gasteiger partial charge in [0.2, 0.25) is 10.8 Å². The van der Waals surface area contributed by atoms with Crippen molar-refractivity contribution in [1.82, 2.24) is 9.78 Å². The Bertz CT molecular complexity index is 386. The maximum absolute atomic E-state index is 12.3. The van der Waals surface area contributed by atoms with Gasteiger partial charge in [-0.2, -0.15) is 18.3 Å². The standard InChI is InChI=1S/C5H3ClF3N3O2/c1-11-3(5(7,8)9)2(12(13)14)4(6)10-11/h1H3. The predicted molar refractivity (Wildman–Crippen MR) is 39.9 cm³/mol. The highest BCUT2D eigenvalue weighted by atomic mass is 35.5. The summed E-state index contributed by atoms with van der Waals surface area (Å²) in [5, 5.41) is 12.6. The van der Waals surface area contributed by atoms with Gasteiger partial charge in [-0.25, -0.2) is 0 Å². The molecule has 9 heteroatoms. The van der Waals surface area contributed by atoms with E-state index in [4.69, 9.17) is 11.6 Å². The monoisotopic (exact) mass is 229 g/mol. The van der Waals surface area contributed by atoms with E-state index < -0.39 is 27.6 Å². The first-order chi connectivity index (χ1) is 6.25. The van der Waals surface area contributed by atoms with Crippen LogP contribution in [0.25, 0.3) is 0 Å². The molecule has 1 aromatic heterocycles. The van der Waals surface area contributed by atoms with Crippen LogP contribution in [0.4, 0.5) is 18.9 Å². The largest absolute Gasteiger partial charge is 0.440 e. The van der Waals surface area contributed by atoms with Gasteiger partial charge in [0, 0.05) is 7.05 Å². The number of halogens is 4. The number of hydrogen-bond donors (Lipinski definition) is 0. The molecule has 0 amide bonds. The molecule has 0 aliphatic rings. The van der Waals surface area contributed by atoms with E-state index in [1.807, 2.05) is 0 Å². The highest BCUT2D eigenvalue weighted by molar-refractivity contribution is 6.31. The Morgan fingerprint density at radius 2 is 2.07 bits per heavy atom. The van der Waals surface area contributed by atoms with Crippen molar-refractivity contribution in [3.05, 3.63) is 21.0 Å². The van der Waals surface area contributed by atoms with E-state index in [1.54, 1.807) is 0 Å². The molecule has 0 aliphatic heterocycles. The molecule has 5 nitrogen and oxygen atoms in total. The van der Waals surface area contributed by atoms with Crippen LogP contribution >= 0.6 is 11.6 Å².